The van der Waals surface area contributed by atoms with Crippen molar-refractivity contribution in [3.05, 3.63) is 128 Å². The van der Waals surface area contributed by atoms with Crippen molar-refractivity contribution in [3.63, 3.8) is 0 Å². The fourth-order valence-electron chi connectivity index (χ4n) is 9.37. The van der Waals surface area contributed by atoms with Gasteiger partial charge in [0, 0.05) is 0 Å². The summed E-state index contributed by atoms with van der Waals surface area (Å²) < 4.78 is 0. The van der Waals surface area contributed by atoms with Gasteiger partial charge in [0.15, 0.2) is 0 Å². The third-order valence-electron chi connectivity index (χ3n) is 12.7. The first-order valence-electron chi connectivity index (χ1n) is 21.2. The molecule has 0 unspecified atom stereocenters. The van der Waals surface area contributed by atoms with Gasteiger partial charge in [-0.2, -0.15) is 0 Å². The van der Waals surface area contributed by atoms with Crippen LogP contribution in [0.3, 0.4) is 0 Å². The standard InChI is InChI=1S/C52H68Si/c1-11-13-15-17-29-53(30-18-16-14-12-2,43-33-39-21-19-23-47(49(39)35-43)45-27-25-41(31-37(45)3)51(5,6)7)44-34-40-22-20-24-48(50(40)36-44)46-28-26-42(32-38(46)4)52(8,9)10/h19-28,31-32,35-36H,11-18,29-30,33-34H2,1-10H3. The normalized spacial score (nSPS) is 14.3. The van der Waals surface area contributed by atoms with E-state index in [9.17, 15) is 0 Å². The minimum absolute atomic E-state index is 0.150. The van der Waals surface area contributed by atoms with Crippen LogP contribution in [0.4, 0.5) is 0 Å². The third kappa shape index (κ3) is 8.32. The quantitative estimate of drug-likeness (QED) is 0.0899. The highest BCUT2D eigenvalue weighted by Crippen LogP contribution is 2.49. The van der Waals surface area contributed by atoms with E-state index in [1.165, 1.54) is 119 Å². The molecule has 0 aliphatic heterocycles. The molecule has 0 fully saturated rings. The topological polar surface area (TPSA) is 0 Å². The molecule has 280 valence electrons. The smallest absolute Gasteiger partial charge is 0.0709 e. The first-order valence-corrected chi connectivity index (χ1v) is 23.6. The largest absolute Gasteiger partial charge is 0.109 e. The molecule has 4 aromatic rings. The lowest BCUT2D eigenvalue weighted by Crippen LogP contribution is -2.40. The van der Waals surface area contributed by atoms with E-state index in [0.29, 0.717) is 0 Å². The van der Waals surface area contributed by atoms with E-state index in [4.69, 9.17) is 0 Å². The maximum Gasteiger partial charge on any atom is 0.109 e. The first kappa shape index (κ1) is 39.3. The highest BCUT2D eigenvalue weighted by Gasteiger charge is 2.43. The fraction of sp³-hybridized carbons (Fsp3) is 0.462. The van der Waals surface area contributed by atoms with Gasteiger partial charge in [0.1, 0.15) is 8.07 Å². The Morgan fingerprint density at radius 3 is 1.26 bits per heavy atom. The van der Waals surface area contributed by atoms with Crippen molar-refractivity contribution in [2.24, 2.45) is 0 Å². The number of allylic oxidation sites excluding steroid dienone is 2. The molecule has 1 heteroatoms. The fourth-order valence-corrected chi connectivity index (χ4v) is 14.9. The molecule has 0 spiro atoms. The van der Waals surface area contributed by atoms with Gasteiger partial charge in [-0.05, 0) is 116 Å². The Kier molecular flexibility index (Phi) is 11.9. The van der Waals surface area contributed by atoms with Gasteiger partial charge in [0.25, 0.3) is 0 Å². The molecule has 4 aromatic carbocycles. The lowest BCUT2D eigenvalue weighted by molar-refractivity contribution is 0.589. The summed E-state index contributed by atoms with van der Waals surface area (Å²) in [6.45, 7) is 23.3. The van der Waals surface area contributed by atoms with E-state index < -0.39 is 8.07 Å². The Morgan fingerprint density at radius 1 is 0.491 bits per heavy atom. The molecule has 0 radical (unpaired) electrons. The van der Waals surface area contributed by atoms with Gasteiger partial charge >= 0.3 is 0 Å². The Hall–Kier alpha value is -3.42. The average molecular weight is 721 g/mol. The lowest BCUT2D eigenvalue weighted by atomic mass is 9.84. The van der Waals surface area contributed by atoms with Crippen molar-refractivity contribution in [1.29, 1.82) is 0 Å². The van der Waals surface area contributed by atoms with Crippen LogP contribution in [0.15, 0.2) is 83.2 Å². The van der Waals surface area contributed by atoms with Gasteiger partial charge < -0.3 is 0 Å². The van der Waals surface area contributed by atoms with Crippen LogP contribution in [0.2, 0.25) is 12.1 Å². The molecular weight excluding hydrogens is 653 g/mol. The maximum atomic E-state index is 2.74. The van der Waals surface area contributed by atoms with E-state index in [-0.39, 0.29) is 10.8 Å². The van der Waals surface area contributed by atoms with Crippen LogP contribution >= 0.6 is 0 Å². The summed E-state index contributed by atoms with van der Waals surface area (Å²) in [7, 11) is -2.05. The molecule has 0 saturated carbocycles. The number of benzene rings is 4. The highest BCUT2D eigenvalue weighted by atomic mass is 28.3. The molecule has 0 N–H and O–H groups in total. The number of fused-ring (bicyclic) bond motifs is 2. The summed E-state index contributed by atoms with van der Waals surface area (Å²) in [5, 5.41) is 3.62. The predicted molar refractivity (Wildman–Crippen MR) is 238 cm³/mol. The van der Waals surface area contributed by atoms with Crippen LogP contribution in [-0.4, -0.2) is 8.07 Å². The van der Waals surface area contributed by atoms with Crippen molar-refractivity contribution < 1.29 is 0 Å². The first-order chi connectivity index (χ1) is 25.3. The zero-order valence-corrected chi connectivity index (χ0v) is 36.1. The summed E-state index contributed by atoms with van der Waals surface area (Å²) in [6, 6.07) is 31.5. The molecule has 2 aliphatic carbocycles. The third-order valence-corrected chi connectivity index (χ3v) is 18.2. The molecule has 53 heavy (non-hydrogen) atoms. The summed E-state index contributed by atoms with van der Waals surface area (Å²) in [5.74, 6) is 0. The van der Waals surface area contributed by atoms with E-state index >= 15 is 0 Å². The second-order valence-electron chi connectivity index (χ2n) is 18.7. The summed E-state index contributed by atoms with van der Waals surface area (Å²) in [4.78, 5) is 0. The van der Waals surface area contributed by atoms with Crippen LogP contribution in [0.1, 0.15) is 151 Å². The van der Waals surface area contributed by atoms with Crippen LogP contribution < -0.4 is 0 Å². The van der Waals surface area contributed by atoms with Crippen molar-refractivity contribution >= 4 is 20.2 Å². The number of unbranched alkanes of at least 4 members (excludes halogenated alkanes) is 6. The van der Waals surface area contributed by atoms with Crippen LogP contribution in [0, 0.1) is 13.8 Å². The number of aryl methyl sites for hydroxylation is 2. The Labute approximate surface area is 325 Å². The van der Waals surface area contributed by atoms with E-state index in [1.807, 2.05) is 10.4 Å². The van der Waals surface area contributed by atoms with Gasteiger partial charge in [-0.15, -0.1) is 0 Å². The van der Waals surface area contributed by atoms with Crippen LogP contribution in [0.5, 0.6) is 0 Å². The van der Waals surface area contributed by atoms with Gasteiger partial charge in [0.05, 0.1) is 0 Å². The van der Waals surface area contributed by atoms with E-state index in [1.54, 1.807) is 11.1 Å². The second kappa shape index (κ2) is 16.1. The van der Waals surface area contributed by atoms with Gasteiger partial charge in [-0.1, -0.05) is 202 Å². The minimum atomic E-state index is -2.05. The summed E-state index contributed by atoms with van der Waals surface area (Å²) >= 11 is 0. The van der Waals surface area contributed by atoms with Crippen molar-refractivity contribution in [3.8, 4) is 22.3 Å². The zero-order chi connectivity index (χ0) is 38.0. The van der Waals surface area contributed by atoms with Gasteiger partial charge in [-0.25, -0.2) is 0 Å². The number of hydrogen-bond acceptors (Lipinski definition) is 0. The van der Waals surface area contributed by atoms with Gasteiger partial charge in [0.2, 0.25) is 0 Å². The van der Waals surface area contributed by atoms with Crippen LogP contribution in [-0.2, 0) is 23.7 Å². The van der Waals surface area contributed by atoms with Crippen LogP contribution in [0.25, 0.3) is 34.4 Å². The van der Waals surface area contributed by atoms with E-state index in [0.717, 1.165) is 12.8 Å². The minimum Gasteiger partial charge on any atom is -0.0709 e. The summed E-state index contributed by atoms with van der Waals surface area (Å²) in [6.07, 6.45) is 18.5. The Bertz CT molecular complexity index is 1840. The van der Waals surface area contributed by atoms with Gasteiger partial charge in [-0.3, -0.25) is 0 Å². The second-order valence-corrected chi connectivity index (χ2v) is 23.2. The molecule has 2 aliphatic rings. The van der Waals surface area contributed by atoms with Crippen molar-refractivity contribution in [2.75, 3.05) is 0 Å². The molecule has 6 rings (SSSR count). The molecule has 0 bridgehead atoms. The SMILES string of the molecule is CCCCCC[Si](CCCCCC)(C1=Cc2c(cccc2-c2ccc(C(C)(C)C)cc2C)C1)C1=Cc2c(cccc2-c2ccc(C(C)(C)C)cc2C)C1. The zero-order valence-electron chi connectivity index (χ0n) is 35.1. The maximum absolute atomic E-state index is 2.74. The molecule has 0 aromatic heterocycles. The molecular formula is C52H68Si. The Balaban J connectivity index is 1.47. The average Bonchev–Trinajstić information content (AvgIpc) is 3.76. The van der Waals surface area contributed by atoms with Crippen molar-refractivity contribution in [1.82, 2.24) is 0 Å². The summed E-state index contributed by atoms with van der Waals surface area (Å²) in [5.41, 5.74) is 17.7. The van der Waals surface area contributed by atoms with Crippen molar-refractivity contribution in [2.45, 2.75) is 156 Å². The molecule has 0 heterocycles. The lowest BCUT2D eigenvalue weighted by Gasteiger charge is -2.36. The number of hydrogen-bond donors (Lipinski definition) is 0. The number of rotatable bonds is 14. The molecule has 0 atom stereocenters. The molecule has 0 nitrogen and oxygen atoms in total. The highest BCUT2D eigenvalue weighted by molar-refractivity contribution is 6.94. The molecule has 0 amide bonds. The Morgan fingerprint density at radius 2 is 0.906 bits per heavy atom. The molecule has 0 saturated heterocycles. The monoisotopic (exact) mass is 721 g/mol. The predicted octanol–water partition coefficient (Wildman–Crippen LogP) is 15.5. The van der Waals surface area contributed by atoms with E-state index in [2.05, 4.69) is 154 Å².